The number of rotatable bonds is 5. The average Bonchev–Trinajstić information content (AvgIpc) is 2.84. The van der Waals surface area contributed by atoms with E-state index in [-0.39, 0.29) is 6.04 Å². The fraction of sp³-hybridized carbons (Fsp3) is 0.357. The highest BCUT2D eigenvalue weighted by atomic mass is 79.9. The lowest BCUT2D eigenvalue weighted by molar-refractivity contribution is 0.285. The van der Waals surface area contributed by atoms with Crippen LogP contribution in [0.1, 0.15) is 31.3 Å². The van der Waals surface area contributed by atoms with Crippen molar-refractivity contribution in [2.45, 2.75) is 33.0 Å². The lowest BCUT2D eigenvalue weighted by Gasteiger charge is -2.14. The summed E-state index contributed by atoms with van der Waals surface area (Å²) in [6.45, 7) is 5.36. The van der Waals surface area contributed by atoms with Crippen molar-refractivity contribution in [3.63, 3.8) is 0 Å². The van der Waals surface area contributed by atoms with Crippen LogP contribution in [0.2, 0.25) is 0 Å². The fourth-order valence-electron chi connectivity index (χ4n) is 1.92. The summed E-state index contributed by atoms with van der Waals surface area (Å²) in [6, 6.07) is 5.81. The smallest absolute Gasteiger partial charge is 0.146 e. The third kappa shape index (κ3) is 3.36. The van der Waals surface area contributed by atoms with Crippen LogP contribution >= 0.6 is 15.9 Å². The summed E-state index contributed by atoms with van der Waals surface area (Å²) in [4.78, 5) is 4.29. The molecule has 19 heavy (non-hydrogen) atoms. The summed E-state index contributed by atoms with van der Waals surface area (Å²) < 4.78 is 8.92. The molecule has 2 aromatic rings. The Hall–Kier alpha value is -1.33. The number of nitrogens with zero attached hydrogens (tertiary/aromatic N) is 2. The van der Waals surface area contributed by atoms with Crippen molar-refractivity contribution in [3.8, 4) is 5.75 Å². The molecule has 4 nitrogen and oxygen atoms in total. The van der Waals surface area contributed by atoms with Crippen molar-refractivity contribution < 1.29 is 4.74 Å². The lowest BCUT2D eigenvalue weighted by Crippen LogP contribution is -2.10. The van der Waals surface area contributed by atoms with E-state index in [4.69, 9.17) is 10.5 Å². The van der Waals surface area contributed by atoms with Gasteiger partial charge in [0.25, 0.3) is 0 Å². The van der Waals surface area contributed by atoms with Crippen LogP contribution in [-0.2, 0) is 13.2 Å². The second-order valence-electron chi connectivity index (χ2n) is 4.39. The van der Waals surface area contributed by atoms with Crippen LogP contribution in [0.5, 0.6) is 5.75 Å². The molecule has 1 atom stereocenters. The number of ether oxygens (including phenoxy) is 1. The summed E-state index contributed by atoms with van der Waals surface area (Å²) >= 11 is 3.45. The normalized spacial score (nSPS) is 12.4. The minimum atomic E-state index is -0.0709. The molecule has 0 bridgehead atoms. The molecule has 1 heterocycles. The molecule has 2 rings (SSSR count). The first-order valence-electron chi connectivity index (χ1n) is 6.29. The van der Waals surface area contributed by atoms with E-state index in [0.29, 0.717) is 6.61 Å². The first-order valence-corrected chi connectivity index (χ1v) is 7.09. The molecule has 0 aliphatic heterocycles. The first kappa shape index (κ1) is 14.1. The molecule has 0 saturated heterocycles. The molecule has 102 valence electrons. The van der Waals surface area contributed by atoms with E-state index in [1.807, 2.05) is 31.3 Å². The first-order chi connectivity index (χ1) is 9.11. The van der Waals surface area contributed by atoms with Crippen LogP contribution in [0.3, 0.4) is 0 Å². The summed E-state index contributed by atoms with van der Waals surface area (Å²) in [6.07, 6.45) is 3.74. The summed E-state index contributed by atoms with van der Waals surface area (Å²) in [5.41, 5.74) is 6.96. The van der Waals surface area contributed by atoms with E-state index in [0.717, 1.165) is 28.2 Å². The Morgan fingerprint density at radius 1 is 1.47 bits per heavy atom. The number of aromatic nitrogens is 2. The van der Waals surface area contributed by atoms with Gasteiger partial charge in [-0.1, -0.05) is 15.9 Å². The van der Waals surface area contributed by atoms with E-state index >= 15 is 0 Å². The molecule has 1 aromatic heterocycles. The lowest BCUT2D eigenvalue weighted by atomic mass is 10.1. The number of imidazole rings is 1. The average molecular weight is 324 g/mol. The Kier molecular flexibility index (Phi) is 4.61. The van der Waals surface area contributed by atoms with E-state index in [9.17, 15) is 0 Å². The van der Waals surface area contributed by atoms with Crippen LogP contribution in [0.4, 0.5) is 0 Å². The minimum absolute atomic E-state index is 0.0709. The zero-order chi connectivity index (χ0) is 13.8. The van der Waals surface area contributed by atoms with Gasteiger partial charge < -0.3 is 15.0 Å². The molecule has 5 heteroatoms. The van der Waals surface area contributed by atoms with Crippen LogP contribution in [0, 0.1) is 0 Å². The SMILES string of the molecule is CCn1ccnc1COc1ccc(Br)cc1[C@@H](C)N. The highest BCUT2D eigenvalue weighted by Crippen LogP contribution is 2.28. The number of halogens is 1. The summed E-state index contributed by atoms with van der Waals surface area (Å²) in [5.74, 6) is 1.73. The maximum atomic E-state index is 5.97. The van der Waals surface area contributed by atoms with Crippen molar-refractivity contribution >= 4 is 15.9 Å². The van der Waals surface area contributed by atoms with Gasteiger partial charge in [-0.15, -0.1) is 0 Å². The molecule has 2 N–H and O–H groups in total. The molecule has 0 saturated carbocycles. The molecular weight excluding hydrogens is 306 g/mol. The van der Waals surface area contributed by atoms with Gasteiger partial charge in [-0.3, -0.25) is 0 Å². The molecule has 0 radical (unpaired) electrons. The number of hydrogen-bond acceptors (Lipinski definition) is 3. The number of hydrogen-bond donors (Lipinski definition) is 1. The van der Waals surface area contributed by atoms with Gasteiger partial charge in [-0.05, 0) is 32.0 Å². The van der Waals surface area contributed by atoms with Crippen molar-refractivity contribution in [1.29, 1.82) is 0 Å². The minimum Gasteiger partial charge on any atom is -0.485 e. The van der Waals surface area contributed by atoms with Crippen LogP contribution in [0.25, 0.3) is 0 Å². The predicted molar refractivity (Wildman–Crippen MR) is 79.0 cm³/mol. The molecule has 0 unspecified atom stereocenters. The van der Waals surface area contributed by atoms with Gasteiger partial charge in [0.2, 0.25) is 0 Å². The Bertz CT molecular complexity index is 551. The van der Waals surface area contributed by atoms with Crippen molar-refractivity contribution in [1.82, 2.24) is 9.55 Å². The molecular formula is C14H18BrN3O. The molecule has 0 amide bonds. The van der Waals surface area contributed by atoms with Gasteiger partial charge in [0.1, 0.15) is 18.2 Å². The van der Waals surface area contributed by atoms with Crippen LogP contribution in [0.15, 0.2) is 35.1 Å². The monoisotopic (exact) mass is 323 g/mol. The van der Waals surface area contributed by atoms with Gasteiger partial charge in [0, 0.05) is 35.0 Å². The largest absolute Gasteiger partial charge is 0.485 e. The van der Waals surface area contributed by atoms with E-state index < -0.39 is 0 Å². The fourth-order valence-corrected chi connectivity index (χ4v) is 2.30. The highest BCUT2D eigenvalue weighted by molar-refractivity contribution is 9.10. The second kappa shape index (κ2) is 6.21. The van der Waals surface area contributed by atoms with E-state index in [1.165, 1.54) is 0 Å². The molecule has 0 spiro atoms. The molecule has 0 aliphatic carbocycles. The van der Waals surface area contributed by atoms with Gasteiger partial charge in [0.05, 0.1) is 0 Å². The standard InChI is InChI=1S/C14H18BrN3O/c1-3-18-7-6-17-14(18)9-19-13-5-4-11(15)8-12(13)10(2)16/h4-8,10H,3,9,16H2,1-2H3/t10-/m1/s1. The van der Waals surface area contributed by atoms with E-state index in [2.05, 4.69) is 32.4 Å². The van der Waals surface area contributed by atoms with Crippen LogP contribution in [-0.4, -0.2) is 9.55 Å². The third-order valence-electron chi connectivity index (χ3n) is 2.96. The maximum Gasteiger partial charge on any atom is 0.146 e. The zero-order valence-corrected chi connectivity index (χ0v) is 12.7. The Morgan fingerprint density at radius 2 is 2.26 bits per heavy atom. The van der Waals surface area contributed by atoms with Gasteiger partial charge in [0.15, 0.2) is 0 Å². The zero-order valence-electron chi connectivity index (χ0n) is 11.1. The topological polar surface area (TPSA) is 53.1 Å². The molecule has 1 aromatic carbocycles. The summed E-state index contributed by atoms with van der Waals surface area (Å²) in [7, 11) is 0. The molecule has 0 aliphatic rings. The Balaban J connectivity index is 2.15. The van der Waals surface area contributed by atoms with Crippen LogP contribution < -0.4 is 10.5 Å². The van der Waals surface area contributed by atoms with Crippen molar-refractivity contribution in [3.05, 3.63) is 46.5 Å². The van der Waals surface area contributed by atoms with Crippen molar-refractivity contribution in [2.24, 2.45) is 5.73 Å². The number of benzene rings is 1. The predicted octanol–water partition coefficient (Wildman–Crippen LogP) is 3.26. The quantitative estimate of drug-likeness (QED) is 0.918. The number of aryl methyl sites for hydroxylation is 1. The number of nitrogens with two attached hydrogens (primary N) is 1. The van der Waals surface area contributed by atoms with E-state index in [1.54, 1.807) is 6.20 Å². The second-order valence-corrected chi connectivity index (χ2v) is 5.30. The highest BCUT2D eigenvalue weighted by Gasteiger charge is 2.10. The Labute approximate surface area is 121 Å². The summed E-state index contributed by atoms with van der Waals surface area (Å²) in [5, 5.41) is 0. The van der Waals surface area contributed by atoms with Gasteiger partial charge in [-0.2, -0.15) is 0 Å². The molecule has 0 fully saturated rings. The van der Waals surface area contributed by atoms with Gasteiger partial charge >= 0.3 is 0 Å². The van der Waals surface area contributed by atoms with Gasteiger partial charge in [-0.25, -0.2) is 4.98 Å². The third-order valence-corrected chi connectivity index (χ3v) is 3.45. The maximum absolute atomic E-state index is 5.97. The van der Waals surface area contributed by atoms with Crippen molar-refractivity contribution in [2.75, 3.05) is 0 Å². The Morgan fingerprint density at radius 3 is 2.95 bits per heavy atom.